The summed E-state index contributed by atoms with van der Waals surface area (Å²) in [6, 6.07) is 2.75. The third-order valence-electron chi connectivity index (χ3n) is 8.27. The number of nitrogens with zero attached hydrogens (tertiary/aromatic N) is 6. The average molecular weight is 1090 g/mol. The van der Waals surface area contributed by atoms with E-state index in [-0.39, 0.29) is 292 Å². The Morgan fingerprint density at radius 3 is 1.88 bits per heavy atom. The summed E-state index contributed by atoms with van der Waals surface area (Å²) in [5, 5.41) is 36.5. The molecule has 5 rings (SSSR count). The van der Waals surface area contributed by atoms with Crippen LogP contribution in [0.4, 0.5) is 5.69 Å². The second kappa shape index (κ2) is 26.7. The van der Waals surface area contributed by atoms with Crippen molar-refractivity contribution in [2.45, 2.75) is 32.4 Å². The van der Waals surface area contributed by atoms with Crippen LogP contribution in [-0.2, 0) is 54.9 Å². The number of likely N-dealkylation sites (tertiary alicyclic amines) is 1. The monoisotopic (exact) mass is 1090 g/mol. The Bertz CT molecular complexity index is 2980. The van der Waals surface area contributed by atoms with Crippen LogP contribution in [0.15, 0.2) is 95.6 Å². The third kappa shape index (κ3) is 15.5. The molecule has 314 valence electrons. The molecule has 3 aromatic rings. The number of hydrogen-bond acceptors (Lipinski definition) is 19. The first-order valence-corrected chi connectivity index (χ1v) is 21.6. The molecule has 3 heterocycles. The Morgan fingerprint density at radius 2 is 1.41 bits per heavy atom. The van der Waals surface area contributed by atoms with Gasteiger partial charge in [-0.05, 0) is 73.0 Å². The van der Waals surface area contributed by atoms with Crippen LogP contribution in [0.2, 0.25) is 0 Å². The molecule has 0 atom stereocenters. The van der Waals surface area contributed by atoms with Gasteiger partial charge in [-0.3, -0.25) is 18.9 Å². The van der Waals surface area contributed by atoms with E-state index < -0.39 is 123 Å². The van der Waals surface area contributed by atoms with Crippen molar-refractivity contribution >= 4 is 81.6 Å². The number of anilines is 1. The summed E-state index contributed by atoms with van der Waals surface area (Å²) >= 11 is 0. The molecular formula is C31H24K5N7O17S4. The van der Waals surface area contributed by atoms with E-state index in [9.17, 15) is 76.5 Å². The van der Waals surface area contributed by atoms with Crippen molar-refractivity contribution in [1.29, 1.82) is 0 Å². The number of allylic oxidation sites excluding steroid dienone is 3. The summed E-state index contributed by atoms with van der Waals surface area (Å²) in [6.45, 7) is 0.0174. The summed E-state index contributed by atoms with van der Waals surface area (Å²) in [6.07, 6.45) is 4.10. The molecule has 0 bridgehead atoms. The van der Waals surface area contributed by atoms with Crippen molar-refractivity contribution in [2.24, 2.45) is 10.1 Å². The molecule has 0 radical (unpaired) electrons. The van der Waals surface area contributed by atoms with Gasteiger partial charge in [0, 0.05) is 44.2 Å². The van der Waals surface area contributed by atoms with Gasteiger partial charge in [0.2, 0.25) is 5.91 Å². The smallest absolute Gasteiger partial charge is 0.858 e. The molecule has 0 aliphatic carbocycles. The van der Waals surface area contributed by atoms with E-state index in [0.29, 0.717) is 36.4 Å². The standard InChI is InChI=1S/C31H29N7O17S4.5K/c1-32-28(40)26-19(30(42)37(34-26)21-14-17(56(44,45)46)7-11-23(21)58(50,51)52)9-5-16(36-13-3-4-25(36)39)6-10-20-27(29(41)33-2)35-38(31(20)43)22-15-18(57(47,48)49)8-12-24(22)59(53,54)55;;;;;/h5-12,14-15,42H,3-4,13H2,1-2H3,(H,32,40)(H,33,41)(H,44,45,46)(H,47,48,49)(H,50,51,52)(H,53,54,55);;;;;/q;5*+1/p-5/b9-5+,16-6-,20-10+;;;;;. The molecule has 1 aromatic heterocycles. The van der Waals surface area contributed by atoms with Crippen molar-refractivity contribution in [3.63, 3.8) is 0 Å². The second-order valence-electron chi connectivity index (χ2n) is 11.9. The molecule has 1 fully saturated rings. The van der Waals surface area contributed by atoms with Gasteiger partial charge >= 0.3 is 257 Å². The number of aliphatic imine (C=N–C) groups is 1. The first kappa shape index (κ1) is 66.0. The van der Waals surface area contributed by atoms with Gasteiger partial charge in [-0.2, -0.15) is 23.6 Å². The van der Waals surface area contributed by atoms with Crippen molar-refractivity contribution in [1.82, 2.24) is 20.0 Å². The molecule has 33 heteroatoms. The van der Waals surface area contributed by atoms with Crippen LogP contribution in [0.3, 0.4) is 0 Å². The molecule has 0 spiro atoms. The first-order chi connectivity index (χ1) is 27.3. The van der Waals surface area contributed by atoms with E-state index in [0.717, 1.165) is 43.3 Å². The van der Waals surface area contributed by atoms with Gasteiger partial charge in [-0.15, -0.1) is 0 Å². The molecule has 1 saturated heterocycles. The van der Waals surface area contributed by atoms with Gasteiger partial charge in [0.1, 0.15) is 40.9 Å². The van der Waals surface area contributed by atoms with Gasteiger partial charge in [0.05, 0.1) is 31.6 Å². The number of carbonyl (C=O) groups excluding carboxylic acids is 3. The zero-order valence-electron chi connectivity index (χ0n) is 34.7. The van der Waals surface area contributed by atoms with Crippen LogP contribution >= 0.6 is 0 Å². The van der Waals surface area contributed by atoms with Crippen LogP contribution in [0.5, 0.6) is 5.88 Å². The summed E-state index contributed by atoms with van der Waals surface area (Å²) in [5.74, 6) is -5.49. The normalized spacial score (nSPS) is 15.5. The minimum atomic E-state index is -5.49. The molecule has 2 aromatic carbocycles. The van der Waals surface area contributed by atoms with Crippen LogP contribution < -0.4 is 277 Å². The molecular weight excluding hydrogens is 1070 g/mol. The minimum absolute atomic E-state index is 0. The number of hydrogen-bond donors (Lipinski definition) is 2. The van der Waals surface area contributed by atoms with Crippen molar-refractivity contribution in [3.8, 4) is 11.6 Å². The van der Waals surface area contributed by atoms with Gasteiger partial charge < -0.3 is 39.1 Å². The summed E-state index contributed by atoms with van der Waals surface area (Å²) in [5.41, 5.74) is -5.01. The van der Waals surface area contributed by atoms with E-state index >= 15 is 0 Å². The first-order valence-electron chi connectivity index (χ1n) is 15.9. The number of carbonyl (C=O) groups is 3. The zero-order valence-corrected chi connectivity index (χ0v) is 53.6. The van der Waals surface area contributed by atoms with Crippen molar-refractivity contribution in [3.05, 3.63) is 77.2 Å². The van der Waals surface area contributed by atoms with Crippen LogP contribution in [-0.4, -0.2) is 117 Å². The van der Waals surface area contributed by atoms with Gasteiger partial charge in [0.15, 0.2) is 5.71 Å². The summed E-state index contributed by atoms with van der Waals surface area (Å²) in [4.78, 5) is 39.7. The molecule has 0 saturated carbocycles. The Balaban J connectivity index is 0.00000794. The fourth-order valence-corrected chi connectivity index (χ4v) is 7.83. The molecule has 64 heavy (non-hydrogen) atoms. The fourth-order valence-electron chi connectivity index (χ4n) is 5.57. The minimum Gasteiger partial charge on any atom is -0.858 e. The fraction of sp³-hybridized carbons (Fsp3) is 0.161. The molecule has 3 amide bonds. The number of aromatic nitrogens is 2. The Hall–Kier alpha value is 2.04. The predicted molar refractivity (Wildman–Crippen MR) is 191 cm³/mol. The average Bonchev–Trinajstić information content (AvgIpc) is 3.83. The summed E-state index contributed by atoms with van der Waals surface area (Å²) < 4.78 is 141. The van der Waals surface area contributed by atoms with E-state index in [1.165, 1.54) is 0 Å². The van der Waals surface area contributed by atoms with E-state index in [1.807, 2.05) is 0 Å². The van der Waals surface area contributed by atoms with E-state index in [4.69, 9.17) is 0 Å². The van der Waals surface area contributed by atoms with Crippen molar-refractivity contribution < 1.29 is 333 Å². The van der Waals surface area contributed by atoms with E-state index in [1.54, 1.807) is 0 Å². The number of rotatable bonds is 12. The van der Waals surface area contributed by atoms with E-state index in [2.05, 4.69) is 20.5 Å². The zero-order chi connectivity index (χ0) is 44.0. The maximum absolute atomic E-state index is 13.8. The predicted octanol–water partition coefficient (Wildman–Crippen LogP) is -17.7. The Labute approximate surface area is 578 Å². The van der Waals surface area contributed by atoms with Gasteiger partial charge in [0.25, 0.3) is 21.9 Å². The number of amides is 3. The van der Waals surface area contributed by atoms with Crippen molar-refractivity contribution in [2.75, 3.05) is 25.6 Å². The topological polar surface area (TPSA) is 384 Å². The number of hydrazone groups is 1. The second-order valence-corrected chi connectivity index (χ2v) is 17.4. The Kier molecular flexibility index (Phi) is 27.5. The van der Waals surface area contributed by atoms with Crippen LogP contribution in [0.25, 0.3) is 11.8 Å². The third-order valence-corrected chi connectivity index (χ3v) is 11.7. The maximum atomic E-state index is 13.8. The molecule has 2 aliphatic rings. The van der Waals surface area contributed by atoms with Crippen LogP contribution in [0, 0.1) is 0 Å². The van der Waals surface area contributed by atoms with Gasteiger partial charge in [-0.25, -0.2) is 29.9 Å². The largest absolute Gasteiger partial charge is 1.00 e. The number of benzene rings is 2. The molecule has 24 nitrogen and oxygen atoms in total. The van der Waals surface area contributed by atoms with Crippen LogP contribution in [0.1, 0.15) is 24.1 Å². The number of nitrogens with one attached hydrogen (secondary N) is 1. The summed E-state index contributed by atoms with van der Waals surface area (Å²) in [7, 11) is -19.2. The Morgan fingerprint density at radius 1 is 0.859 bits per heavy atom. The molecule has 0 unspecified atom stereocenters. The molecule has 2 N–H and O–H groups in total. The maximum Gasteiger partial charge on any atom is 1.00 e. The van der Waals surface area contributed by atoms with Gasteiger partial charge in [-0.1, -0.05) is 0 Å². The quantitative estimate of drug-likeness (QED) is 0.0425. The SMILES string of the molecule is CN=C([O-])c1nn(-c2cc(S(=O)(=O)[O-])ccc2S(=O)(=O)[O-])c([O-])c1/C=C/C(=C/C=C1/C(=O)N(c2cc(S(=O)(=O)[O-])ccc2S(=O)(=O)O)N=C1C(=O)NC)N1CCCC1=O.[K+].[K+].[K+].[K+].[K+]. The molecule has 2 aliphatic heterocycles.